The number of alkyl halides is 3. The fourth-order valence-corrected chi connectivity index (χ4v) is 4.78. The summed E-state index contributed by atoms with van der Waals surface area (Å²) in [5.41, 5.74) is 0.741. The van der Waals surface area contributed by atoms with E-state index in [-0.39, 0.29) is 11.8 Å². The van der Waals surface area contributed by atoms with Crippen LogP contribution in [0.15, 0.2) is 22.0 Å². The van der Waals surface area contributed by atoms with Crippen molar-refractivity contribution in [3.63, 3.8) is 0 Å². The van der Waals surface area contributed by atoms with Crippen LogP contribution in [0.5, 0.6) is 5.75 Å². The topological polar surface area (TPSA) is 33.6 Å². The van der Waals surface area contributed by atoms with Gasteiger partial charge in [0.15, 0.2) is 0 Å². The van der Waals surface area contributed by atoms with Crippen LogP contribution in [0.3, 0.4) is 0 Å². The van der Waals surface area contributed by atoms with Crippen molar-refractivity contribution in [3.05, 3.63) is 23.3 Å². The van der Waals surface area contributed by atoms with Crippen molar-refractivity contribution < 1.29 is 17.9 Å². The van der Waals surface area contributed by atoms with Crippen molar-refractivity contribution in [3.8, 4) is 5.75 Å². The number of nitrogens with one attached hydrogen (secondary N) is 1. The van der Waals surface area contributed by atoms with Gasteiger partial charge < -0.3 is 10.1 Å². The van der Waals surface area contributed by atoms with Crippen LogP contribution in [-0.4, -0.2) is 37.2 Å². The second kappa shape index (κ2) is 9.08. The summed E-state index contributed by atoms with van der Waals surface area (Å²) in [7, 11) is 1.41. The van der Waals surface area contributed by atoms with Crippen LogP contribution in [-0.2, 0) is 6.18 Å². The first-order chi connectivity index (χ1) is 13.3. The van der Waals surface area contributed by atoms with E-state index in [0.29, 0.717) is 22.5 Å². The summed E-state index contributed by atoms with van der Waals surface area (Å²) >= 11 is 1.29. The van der Waals surface area contributed by atoms with Crippen molar-refractivity contribution >= 4 is 17.5 Å². The van der Waals surface area contributed by atoms with Crippen LogP contribution in [0.4, 0.5) is 13.2 Å². The zero-order valence-corrected chi connectivity index (χ0v) is 17.6. The van der Waals surface area contributed by atoms with Gasteiger partial charge in [-0.3, -0.25) is 4.99 Å². The van der Waals surface area contributed by atoms with Gasteiger partial charge in [-0.15, -0.1) is 11.8 Å². The summed E-state index contributed by atoms with van der Waals surface area (Å²) in [6.07, 6.45) is 5.60. The Morgan fingerprint density at radius 2 is 1.86 bits per heavy atom. The molecule has 7 heteroatoms. The van der Waals surface area contributed by atoms with E-state index < -0.39 is 11.7 Å². The number of hydrogen-bond acceptors (Lipinski definition) is 4. The molecule has 0 bridgehead atoms. The molecule has 0 amide bonds. The third kappa shape index (κ3) is 4.85. The lowest BCUT2D eigenvalue weighted by atomic mass is 9.86. The molecular weight excluding hydrogens is 385 g/mol. The van der Waals surface area contributed by atoms with E-state index in [9.17, 15) is 13.2 Å². The van der Waals surface area contributed by atoms with E-state index in [1.54, 1.807) is 6.26 Å². The second-order valence-corrected chi connectivity index (χ2v) is 8.57. The molecule has 28 heavy (non-hydrogen) atoms. The van der Waals surface area contributed by atoms with Gasteiger partial charge in [0.25, 0.3) is 0 Å². The Balaban J connectivity index is 1.91. The van der Waals surface area contributed by atoms with Crippen molar-refractivity contribution in [2.45, 2.75) is 81.1 Å². The summed E-state index contributed by atoms with van der Waals surface area (Å²) in [5.74, 6) is 0.236. The third-order valence-electron chi connectivity index (χ3n) is 5.84. The second-order valence-electron chi connectivity index (χ2n) is 7.72. The summed E-state index contributed by atoms with van der Waals surface area (Å²) in [4.78, 5) is 5.54. The van der Waals surface area contributed by atoms with Gasteiger partial charge in [0, 0.05) is 22.7 Å². The van der Waals surface area contributed by atoms with E-state index in [2.05, 4.69) is 5.32 Å². The smallest absolute Gasteiger partial charge is 0.416 e. The van der Waals surface area contributed by atoms with E-state index in [1.165, 1.54) is 50.6 Å². The molecule has 156 valence electrons. The Hall–Kier alpha value is -1.21. The highest BCUT2D eigenvalue weighted by molar-refractivity contribution is 7.98. The molecule has 1 N–H and O–H groups in total. The molecule has 0 heterocycles. The van der Waals surface area contributed by atoms with Gasteiger partial charge in [0.1, 0.15) is 5.75 Å². The Labute approximate surface area is 169 Å². The predicted molar refractivity (Wildman–Crippen MR) is 109 cm³/mol. The van der Waals surface area contributed by atoms with Gasteiger partial charge in [0.05, 0.1) is 24.3 Å². The maximum atomic E-state index is 13.2. The van der Waals surface area contributed by atoms with E-state index in [4.69, 9.17) is 9.73 Å². The van der Waals surface area contributed by atoms with Crippen LogP contribution in [0, 0.1) is 0 Å². The minimum atomic E-state index is -4.40. The molecule has 2 aliphatic rings. The molecule has 0 aliphatic heterocycles. The van der Waals surface area contributed by atoms with Gasteiger partial charge in [0.2, 0.25) is 0 Å². The van der Waals surface area contributed by atoms with E-state index in [0.717, 1.165) is 31.0 Å². The highest BCUT2D eigenvalue weighted by atomic mass is 32.2. The van der Waals surface area contributed by atoms with E-state index >= 15 is 0 Å². The van der Waals surface area contributed by atoms with Crippen molar-refractivity contribution in [2.75, 3.05) is 13.4 Å². The zero-order valence-electron chi connectivity index (χ0n) is 16.7. The number of rotatable bonds is 6. The molecule has 2 unspecified atom stereocenters. The molecule has 0 saturated heterocycles. The maximum Gasteiger partial charge on any atom is 0.416 e. The van der Waals surface area contributed by atoms with Gasteiger partial charge in [-0.1, -0.05) is 19.3 Å². The quantitative estimate of drug-likeness (QED) is 0.479. The normalized spacial score (nSPS) is 24.1. The molecule has 0 spiro atoms. The maximum absolute atomic E-state index is 13.2. The number of halogens is 3. The van der Waals surface area contributed by atoms with Crippen LogP contribution in [0.1, 0.15) is 63.0 Å². The highest BCUT2D eigenvalue weighted by Gasteiger charge is 2.33. The Bertz CT molecular complexity index is 691. The van der Waals surface area contributed by atoms with Crippen LogP contribution in [0.2, 0.25) is 0 Å². The summed E-state index contributed by atoms with van der Waals surface area (Å²) in [6.45, 7) is 1.89. The molecule has 0 aromatic heterocycles. The first-order valence-corrected chi connectivity index (χ1v) is 11.2. The van der Waals surface area contributed by atoms with Crippen LogP contribution >= 0.6 is 11.8 Å². The number of nitrogens with zero attached hydrogens (tertiary/aromatic N) is 1. The molecular formula is C21H29F3N2OS. The molecule has 0 radical (unpaired) electrons. The van der Waals surface area contributed by atoms with Crippen LogP contribution < -0.4 is 10.1 Å². The van der Waals surface area contributed by atoms with Crippen molar-refractivity contribution in [1.29, 1.82) is 0 Å². The average Bonchev–Trinajstić information content (AvgIpc) is 2.63. The van der Waals surface area contributed by atoms with E-state index in [1.807, 2.05) is 6.92 Å². The number of hydrogen-bond donors (Lipinski definition) is 1. The SMILES string of the molecule is COc1cc(C(F)(F)F)cc(SC)c1C(C)=NC1CCCCC1NC1CCC1. The first-order valence-electron chi connectivity index (χ1n) is 9.97. The van der Waals surface area contributed by atoms with Crippen LogP contribution in [0.25, 0.3) is 0 Å². The molecule has 2 fully saturated rings. The molecule has 3 nitrogen and oxygen atoms in total. The fourth-order valence-electron chi connectivity index (χ4n) is 4.08. The molecule has 2 atom stereocenters. The monoisotopic (exact) mass is 414 g/mol. The molecule has 2 aliphatic carbocycles. The number of benzene rings is 1. The molecule has 1 aromatic rings. The number of thioether (sulfide) groups is 1. The Morgan fingerprint density at radius 1 is 1.14 bits per heavy atom. The Kier molecular flexibility index (Phi) is 6.97. The summed E-state index contributed by atoms with van der Waals surface area (Å²) < 4.78 is 45.0. The minimum Gasteiger partial charge on any atom is -0.496 e. The Morgan fingerprint density at radius 3 is 2.43 bits per heavy atom. The molecule has 2 saturated carbocycles. The van der Waals surface area contributed by atoms with Gasteiger partial charge in [-0.05, 0) is 51.0 Å². The lowest BCUT2D eigenvalue weighted by molar-refractivity contribution is -0.137. The molecule has 3 rings (SSSR count). The summed E-state index contributed by atoms with van der Waals surface area (Å²) in [5, 5.41) is 3.76. The number of aliphatic imine (C=N–C) groups is 1. The first kappa shape index (κ1) is 21.5. The zero-order chi connectivity index (χ0) is 20.3. The lowest BCUT2D eigenvalue weighted by Gasteiger charge is -2.37. The van der Waals surface area contributed by atoms with Crippen molar-refractivity contribution in [1.82, 2.24) is 5.32 Å². The van der Waals surface area contributed by atoms with Gasteiger partial charge in [-0.25, -0.2) is 0 Å². The van der Waals surface area contributed by atoms with Gasteiger partial charge >= 0.3 is 6.18 Å². The third-order valence-corrected chi connectivity index (χ3v) is 6.60. The number of ether oxygens (including phenoxy) is 1. The number of methoxy groups -OCH3 is 1. The minimum absolute atomic E-state index is 0.163. The average molecular weight is 415 g/mol. The highest BCUT2D eigenvalue weighted by Crippen LogP contribution is 2.38. The summed E-state index contributed by atoms with van der Waals surface area (Å²) in [6, 6.07) is 3.40. The largest absolute Gasteiger partial charge is 0.496 e. The standard InChI is InChI=1S/C21H29F3N2OS/c1-13(25-16-9-4-5-10-17(16)26-15-7-6-8-15)20-18(27-2)11-14(21(22,23)24)12-19(20)28-3/h11-12,15-17,26H,4-10H2,1-3H3. The molecule has 1 aromatic carbocycles. The van der Waals surface area contributed by atoms with Crippen molar-refractivity contribution in [2.24, 2.45) is 4.99 Å². The predicted octanol–water partition coefficient (Wildman–Crippen LogP) is 5.70. The lowest BCUT2D eigenvalue weighted by Crippen LogP contribution is -2.49. The fraction of sp³-hybridized carbons (Fsp3) is 0.667. The van der Waals surface area contributed by atoms with Gasteiger partial charge in [-0.2, -0.15) is 13.2 Å².